The number of aliphatic hydroxyl groups is 1. The molecular weight excluding hydrogens is 418 g/mol. The van der Waals surface area contributed by atoms with Crippen LogP contribution in [0.4, 0.5) is 0 Å². The third-order valence-corrected chi connectivity index (χ3v) is 5.62. The van der Waals surface area contributed by atoms with E-state index in [2.05, 4.69) is 10.2 Å². The highest BCUT2D eigenvalue weighted by molar-refractivity contribution is 6.05. The molecule has 33 heavy (non-hydrogen) atoms. The van der Waals surface area contributed by atoms with Gasteiger partial charge in [0.2, 0.25) is 0 Å². The van der Waals surface area contributed by atoms with Gasteiger partial charge in [-0.15, -0.1) is 0 Å². The molecular formula is C26H27N3O4. The Morgan fingerprint density at radius 2 is 1.61 bits per heavy atom. The second-order valence-corrected chi connectivity index (χ2v) is 7.91. The third kappa shape index (κ3) is 5.97. The summed E-state index contributed by atoms with van der Waals surface area (Å²) in [4.78, 5) is 29.8. The van der Waals surface area contributed by atoms with E-state index < -0.39 is 6.10 Å². The van der Waals surface area contributed by atoms with Crippen LogP contribution < -0.4 is 5.32 Å². The highest BCUT2D eigenvalue weighted by Crippen LogP contribution is 2.16. The summed E-state index contributed by atoms with van der Waals surface area (Å²) in [6.07, 6.45) is 2.49. The molecule has 2 N–H and O–H groups in total. The van der Waals surface area contributed by atoms with Crippen LogP contribution in [-0.4, -0.2) is 59.4 Å². The molecule has 1 aromatic heterocycles. The Bertz CT molecular complexity index is 1070. The number of carbonyl (C=O) groups excluding carboxylic acids is 2. The molecule has 0 bridgehead atoms. The van der Waals surface area contributed by atoms with Crippen LogP contribution in [0.2, 0.25) is 0 Å². The number of hydrogen-bond acceptors (Lipinski definition) is 5. The zero-order valence-electron chi connectivity index (χ0n) is 18.3. The van der Waals surface area contributed by atoms with Gasteiger partial charge in [-0.05, 0) is 29.8 Å². The van der Waals surface area contributed by atoms with E-state index in [4.69, 9.17) is 4.42 Å². The number of aliphatic hydroxyl groups excluding tert-OH is 1. The first-order valence-corrected chi connectivity index (χ1v) is 11.0. The summed E-state index contributed by atoms with van der Waals surface area (Å²) in [6, 6.07) is 21.8. The molecule has 2 amide bonds. The minimum atomic E-state index is -0.576. The number of amides is 2. The van der Waals surface area contributed by atoms with Gasteiger partial charge in [0.25, 0.3) is 11.8 Å². The number of benzene rings is 2. The van der Waals surface area contributed by atoms with Crippen molar-refractivity contribution in [1.82, 2.24) is 15.1 Å². The standard InChI is InChI=1S/C26H27N3O4/c30-24(20-8-3-1-4-9-20)19-28-13-15-29(16-14-28)26(32)23(18-22-12-7-17-33-22)27-25(31)21-10-5-2-6-11-21/h1-12,17-18,24,30H,13-16,19H2,(H,27,31)/b23-18-. The van der Waals surface area contributed by atoms with Crippen molar-refractivity contribution >= 4 is 17.9 Å². The molecule has 4 rings (SSSR count). The molecule has 0 spiro atoms. The van der Waals surface area contributed by atoms with Gasteiger partial charge in [0.05, 0.1) is 12.4 Å². The fourth-order valence-electron chi connectivity index (χ4n) is 3.78. The van der Waals surface area contributed by atoms with Crippen LogP contribution in [0.25, 0.3) is 6.08 Å². The maximum Gasteiger partial charge on any atom is 0.270 e. The van der Waals surface area contributed by atoms with Gasteiger partial charge < -0.3 is 19.7 Å². The number of piperazine rings is 1. The summed E-state index contributed by atoms with van der Waals surface area (Å²) >= 11 is 0. The zero-order chi connectivity index (χ0) is 23.0. The van der Waals surface area contributed by atoms with Crippen molar-refractivity contribution in [3.05, 3.63) is 102 Å². The minimum Gasteiger partial charge on any atom is -0.465 e. The van der Waals surface area contributed by atoms with E-state index in [1.54, 1.807) is 47.4 Å². The van der Waals surface area contributed by atoms with Gasteiger partial charge in [-0.2, -0.15) is 0 Å². The van der Waals surface area contributed by atoms with E-state index in [-0.39, 0.29) is 17.5 Å². The average molecular weight is 446 g/mol. The Balaban J connectivity index is 1.40. The van der Waals surface area contributed by atoms with E-state index in [0.717, 1.165) is 5.56 Å². The molecule has 1 atom stereocenters. The highest BCUT2D eigenvalue weighted by atomic mass is 16.3. The Morgan fingerprint density at radius 1 is 0.939 bits per heavy atom. The van der Waals surface area contributed by atoms with Crippen LogP contribution in [0.5, 0.6) is 0 Å². The molecule has 7 heteroatoms. The summed E-state index contributed by atoms with van der Waals surface area (Å²) < 4.78 is 5.36. The lowest BCUT2D eigenvalue weighted by atomic mass is 10.1. The van der Waals surface area contributed by atoms with E-state index in [1.807, 2.05) is 36.4 Å². The predicted octanol–water partition coefficient (Wildman–Crippen LogP) is 2.93. The van der Waals surface area contributed by atoms with Crippen molar-refractivity contribution < 1.29 is 19.1 Å². The molecule has 170 valence electrons. The highest BCUT2D eigenvalue weighted by Gasteiger charge is 2.26. The van der Waals surface area contributed by atoms with Crippen molar-refractivity contribution in [2.24, 2.45) is 0 Å². The van der Waals surface area contributed by atoms with Crippen molar-refractivity contribution in [2.75, 3.05) is 32.7 Å². The molecule has 3 aromatic rings. The van der Waals surface area contributed by atoms with Crippen molar-refractivity contribution in [1.29, 1.82) is 0 Å². The first-order valence-electron chi connectivity index (χ1n) is 11.0. The van der Waals surface area contributed by atoms with Crippen molar-refractivity contribution in [3.63, 3.8) is 0 Å². The molecule has 2 heterocycles. The number of nitrogens with one attached hydrogen (secondary N) is 1. The first-order chi connectivity index (χ1) is 16.1. The monoisotopic (exact) mass is 445 g/mol. The molecule has 1 aliphatic heterocycles. The Kier molecular flexibility index (Phi) is 7.34. The lowest BCUT2D eigenvalue weighted by Gasteiger charge is -2.36. The minimum absolute atomic E-state index is 0.163. The maximum absolute atomic E-state index is 13.3. The SMILES string of the molecule is O=C(N/C(=C\c1ccco1)C(=O)N1CCN(CC(O)c2ccccc2)CC1)c1ccccc1. The molecule has 0 saturated carbocycles. The summed E-state index contributed by atoms with van der Waals surface area (Å²) in [7, 11) is 0. The van der Waals surface area contributed by atoms with Gasteiger partial charge in [0.1, 0.15) is 11.5 Å². The fourth-order valence-corrected chi connectivity index (χ4v) is 3.78. The zero-order valence-corrected chi connectivity index (χ0v) is 18.3. The largest absolute Gasteiger partial charge is 0.465 e. The summed E-state index contributed by atoms with van der Waals surface area (Å²) in [5, 5.41) is 13.2. The van der Waals surface area contributed by atoms with E-state index >= 15 is 0 Å². The predicted molar refractivity (Wildman–Crippen MR) is 125 cm³/mol. The summed E-state index contributed by atoms with van der Waals surface area (Å²) in [5.74, 6) is -0.137. The number of β-amino-alcohol motifs (C(OH)–C–C–N with tert-alkyl or cyclic N) is 1. The second-order valence-electron chi connectivity index (χ2n) is 7.91. The van der Waals surface area contributed by atoms with Crippen LogP contribution >= 0.6 is 0 Å². The van der Waals surface area contributed by atoms with Gasteiger partial charge in [-0.25, -0.2) is 0 Å². The van der Waals surface area contributed by atoms with Gasteiger partial charge in [-0.1, -0.05) is 48.5 Å². The quantitative estimate of drug-likeness (QED) is 0.546. The molecule has 2 aromatic carbocycles. The molecule has 0 radical (unpaired) electrons. The first kappa shape index (κ1) is 22.5. The lowest BCUT2D eigenvalue weighted by Crippen LogP contribution is -2.51. The Morgan fingerprint density at radius 3 is 2.24 bits per heavy atom. The van der Waals surface area contributed by atoms with E-state index in [1.165, 1.54) is 6.26 Å². The number of carbonyl (C=O) groups is 2. The van der Waals surface area contributed by atoms with Gasteiger partial charge >= 0.3 is 0 Å². The second kappa shape index (κ2) is 10.8. The van der Waals surface area contributed by atoms with Crippen LogP contribution in [0.3, 0.4) is 0 Å². The van der Waals surface area contributed by atoms with Gasteiger partial charge in [-0.3, -0.25) is 14.5 Å². The number of furan rings is 1. The van der Waals surface area contributed by atoms with Crippen LogP contribution in [0.15, 0.2) is 89.2 Å². The van der Waals surface area contributed by atoms with Gasteiger partial charge in [0, 0.05) is 44.4 Å². The Hall–Kier alpha value is -3.68. The molecule has 1 aliphatic rings. The maximum atomic E-state index is 13.3. The fraction of sp³-hybridized carbons (Fsp3) is 0.231. The molecule has 1 fully saturated rings. The summed E-state index contributed by atoms with van der Waals surface area (Å²) in [5.41, 5.74) is 1.51. The smallest absolute Gasteiger partial charge is 0.270 e. The Labute approximate surface area is 192 Å². The number of rotatable bonds is 7. The van der Waals surface area contributed by atoms with Crippen molar-refractivity contribution in [2.45, 2.75) is 6.10 Å². The van der Waals surface area contributed by atoms with Crippen LogP contribution in [0, 0.1) is 0 Å². The summed E-state index contributed by atoms with van der Waals surface area (Å²) in [6.45, 7) is 2.77. The van der Waals surface area contributed by atoms with Crippen LogP contribution in [-0.2, 0) is 4.79 Å². The molecule has 1 unspecified atom stereocenters. The van der Waals surface area contributed by atoms with E-state index in [0.29, 0.717) is 44.0 Å². The lowest BCUT2D eigenvalue weighted by molar-refractivity contribution is -0.129. The topological polar surface area (TPSA) is 86.0 Å². The third-order valence-electron chi connectivity index (χ3n) is 5.62. The van der Waals surface area contributed by atoms with E-state index in [9.17, 15) is 14.7 Å². The average Bonchev–Trinajstić information content (AvgIpc) is 3.38. The molecule has 0 aliphatic carbocycles. The molecule has 7 nitrogen and oxygen atoms in total. The van der Waals surface area contributed by atoms with Crippen LogP contribution in [0.1, 0.15) is 27.8 Å². The normalized spacial score (nSPS) is 15.8. The number of nitrogens with zero attached hydrogens (tertiary/aromatic N) is 2. The molecule has 1 saturated heterocycles. The number of hydrogen-bond donors (Lipinski definition) is 2. The van der Waals surface area contributed by atoms with Crippen molar-refractivity contribution in [3.8, 4) is 0 Å². The van der Waals surface area contributed by atoms with Gasteiger partial charge in [0.15, 0.2) is 0 Å².